The Balaban J connectivity index is 0.000000297. The number of nitrogens with zero attached hydrogens (tertiary/aromatic N) is 1. The lowest BCUT2D eigenvalue weighted by molar-refractivity contribution is 0.417. The standard InChI is InChI=1S/C17H18BClO2.C7H12N2/c1-20-16-10-5-3-8-14(16)18(12-7-13-19)15-9-4-6-11-17(15)21-2;1-7(2,3)6-4-8-5-9-6/h3-11,13H,12H2,1-2H3;4-5H,1-3H3,(H,8,9). The number of allylic oxidation sites excluding steroid dienone is 1. The first-order valence-electron chi connectivity index (χ1n) is 9.92. The van der Waals surface area contributed by atoms with Crippen LogP contribution in [0.25, 0.3) is 0 Å². The molecular weight excluding hydrogens is 395 g/mol. The molecule has 1 aromatic heterocycles. The van der Waals surface area contributed by atoms with Crippen LogP contribution in [0.15, 0.2) is 72.7 Å². The molecule has 0 amide bonds. The van der Waals surface area contributed by atoms with Gasteiger partial charge in [0.05, 0.1) is 20.5 Å². The summed E-state index contributed by atoms with van der Waals surface area (Å²) in [5, 5.41) is 0. The number of H-pyrrole nitrogens is 1. The molecule has 0 radical (unpaired) electrons. The number of rotatable bonds is 6. The van der Waals surface area contributed by atoms with E-state index in [0.717, 1.165) is 28.7 Å². The molecule has 0 spiro atoms. The molecule has 0 aliphatic carbocycles. The van der Waals surface area contributed by atoms with Crippen LogP contribution in [0.4, 0.5) is 0 Å². The predicted molar refractivity (Wildman–Crippen MR) is 128 cm³/mol. The molecule has 0 bridgehead atoms. The fourth-order valence-corrected chi connectivity index (χ4v) is 3.29. The average Bonchev–Trinajstić information content (AvgIpc) is 3.31. The molecule has 30 heavy (non-hydrogen) atoms. The molecule has 158 valence electrons. The van der Waals surface area contributed by atoms with Crippen LogP contribution in [0, 0.1) is 0 Å². The third-order valence-electron chi connectivity index (χ3n) is 4.80. The van der Waals surface area contributed by atoms with E-state index in [1.807, 2.05) is 48.7 Å². The van der Waals surface area contributed by atoms with Crippen molar-refractivity contribution in [2.24, 2.45) is 0 Å². The van der Waals surface area contributed by atoms with Crippen LogP contribution in [0.5, 0.6) is 11.5 Å². The highest BCUT2D eigenvalue weighted by Gasteiger charge is 2.24. The first-order chi connectivity index (χ1) is 14.4. The lowest BCUT2D eigenvalue weighted by atomic mass is 9.38. The van der Waals surface area contributed by atoms with Gasteiger partial charge in [-0.05, 0) is 34.9 Å². The van der Waals surface area contributed by atoms with E-state index in [1.165, 1.54) is 5.69 Å². The van der Waals surface area contributed by atoms with E-state index in [2.05, 4.69) is 42.9 Å². The summed E-state index contributed by atoms with van der Waals surface area (Å²) in [5.41, 5.74) is 5.19. The van der Waals surface area contributed by atoms with Crippen LogP contribution >= 0.6 is 11.6 Å². The van der Waals surface area contributed by atoms with Gasteiger partial charge in [-0.2, -0.15) is 0 Å². The van der Waals surface area contributed by atoms with E-state index in [9.17, 15) is 0 Å². The zero-order valence-electron chi connectivity index (χ0n) is 18.4. The third kappa shape index (κ3) is 6.43. The number of imidazole rings is 1. The summed E-state index contributed by atoms with van der Waals surface area (Å²) in [6, 6.07) is 16.1. The van der Waals surface area contributed by atoms with Gasteiger partial charge in [0.25, 0.3) is 0 Å². The van der Waals surface area contributed by atoms with E-state index < -0.39 is 0 Å². The number of ether oxygens (including phenoxy) is 2. The van der Waals surface area contributed by atoms with Crippen LogP contribution in [0.3, 0.4) is 0 Å². The van der Waals surface area contributed by atoms with Gasteiger partial charge >= 0.3 is 0 Å². The SMILES string of the molecule is CC(C)(C)c1cnc[nH]1.COc1ccccc1B(CC=CCl)c1ccccc1OC. The van der Waals surface area contributed by atoms with Crippen molar-refractivity contribution in [3.63, 3.8) is 0 Å². The highest BCUT2D eigenvalue weighted by atomic mass is 35.5. The minimum absolute atomic E-state index is 0.132. The second-order valence-corrected chi connectivity index (χ2v) is 8.10. The molecule has 3 aromatic rings. The number of halogens is 1. The highest BCUT2D eigenvalue weighted by Crippen LogP contribution is 2.18. The molecule has 0 saturated carbocycles. The van der Waals surface area contributed by atoms with Crippen molar-refractivity contribution in [3.8, 4) is 11.5 Å². The number of benzene rings is 2. The average molecular weight is 425 g/mol. The lowest BCUT2D eigenvalue weighted by Gasteiger charge is -2.18. The van der Waals surface area contributed by atoms with Gasteiger partial charge in [0.1, 0.15) is 11.5 Å². The molecule has 0 aliphatic heterocycles. The van der Waals surface area contributed by atoms with Crippen molar-refractivity contribution in [2.45, 2.75) is 32.5 Å². The highest BCUT2D eigenvalue weighted by molar-refractivity contribution is 6.86. The number of hydrogen-bond donors (Lipinski definition) is 1. The maximum absolute atomic E-state index is 5.72. The van der Waals surface area contributed by atoms with Crippen molar-refractivity contribution in [2.75, 3.05) is 14.2 Å². The molecule has 2 aromatic carbocycles. The normalized spacial score (nSPS) is 11.0. The molecular formula is C24H30BClN2O2. The van der Waals surface area contributed by atoms with Crippen molar-refractivity contribution in [1.29, 1.82) is 0 Å². The van der Waals surface area contributed by atoms with E-state index in [1.54, 1.807) is 26.1 Å². The number of hydrogen-bond acceptors (Lipinski definition) is 3. The van der Waals surface area contributed by atoms with Crippen LogP contribution in [0.1, 0.15) is 26.5 Å². The second kappa shape index (κ2) is 11.5. The Morgan fingerprint density at radius 1 is 0.967 bits per heavy atom. The lowest BCUT2D eigenvalue weighted by Crippen LogP contribution is -2.42. The summed E-state index contributed by atoms with van der Waals surface area (Å²) < 4.78 is 11.0. The summed E-state index contributed by atoms with van der Waals surface area (Å²) in [4.78, 5) is 7.00. The fraction of sp³-hybridized carbons (Fsp3) is 0.292. The van der Waals surface area contributed by atoms with Gasteiger partial charge in [0, 0.05) is 17.3 Å². The van der Waals surface area contributed by atoms with Crippen LogP contribution < -0.4 is 20.4 Å². The minimum atomic E-state index is 0.132. The van der Waals surface area contributed by atoms with Gasteiger partial charge in [0.15, 0.2) is 0 Å². The summed E-state index contributed by atoms with van der Waals surface area (Å²) in [6.07, 6.45) is 6.30. The predicted octanol–water partition coefficient (Wildman–Crippen LogP) is 4.77. The van der Waals surface area contributed by atoms with Gasteiger partial charge in [-0.25, -0.2) is 4.98 Å². The fourth-order valence-electron chi connectivity index (χ4n) is 3.18. The summed E-state index contributed by atoms with van der Waals surface area (Å²) in [6.45, 7) is 6.59. The van der Waals surface area contributed by atoms with Crippen molar-refractivity contribution in [1.82, 2.24) is 9.97 Å². The second-order valence-electron chi connectivity index (χ2n) is 7.85. The van der Waals surface area contributed by atoms with Crippen molar-refractivity contribution in [3.05, 3.63) is 78.4 Å². The first kappa shape index (κ1) is 23.6. The summed E-state index contributed by atoms with van der Waals surface area (Å²) in [5.74, 6) is 1.74. The molecule has 3 rings (SSSR count). The number of aromatic amines is 1. The largest absolute Gasteiger partial charge is 0.497 e. The Morgan fingerprint density at radius 3 is 1.87 bits per heavy atom. The Labute approximate surface area is 185 Å². The van der Waals surface area contributed by atoms with Crippen LogP contribution in [-0.4, -0.2) is 30.9 Å². The topological polar surface area (TPSA) is 47.1 Å². The smallest absolute Gasteiger partial charge is 0.222 e. The monoisotopic (exact) mass is 424 g/mol. The van der Waals surface area contributed by atoms with Gasteiger partial charge < -0.3 is 14.5 Å². The van der Waals surface area contributed by atoms with E-state index in [0.29, 0.717) is 0 Å². The molecule has 6 heteroatoms. The van der Waals surface area contributed by atoms with E-state index in [-0.39, 0.29) is 12.1 Å². The minimum Gasteiger partial charge on any atom is -0.497 e. The summed E-state index contributed by atoms with van der Waals surface area (Å²) in [7, 11) is 3.38. The van der Waals surface area contributed by atoms with Gasteiger partial charge in [-0.3, -0.25) is 0 Å². The number of methoxy groups -OCH3 is 2. The number of para-hydroxylation sites is 2. The van der Waals surface area contributed by atoms with Gasteiger partial charge in [0.2, 0.25) is 6.71 Å². The number of aromatic nitrogens is 2. The van der Waals surface area contributed by atoms with Gasteiger partial charge in [-0.1, -0.05) is 74.8 Å². The van der Waals surface area contributed by atoms with Gasteiger partial charge in [-0.15, -0.1) is 0 Å². The molecule has 1 heterocycles. The van der Waals surface area contributed by atoms with Crippen molar-refractivity contribution >= 4 is 29.2 Å². The Kier molecular flexibility index (Phi) is 9.06. The van der Waals surface area contributed by atoms with Crippen molar-refractivity contribution < 1.29 is 9.47 Å². The Bertz CT molecular complexity index is 873. The zero-order valence-corrected chi connectivity index (χ0v) is 19.1. The zero-order chi connectivity index (χ0) is 22.0. The molecule has 0 unspecified atom stereocenters. The molecule has 1 N–H and O–H groups in total. The summed E-state index contributed by atoms with van der Waals surface area (Å²) >= 11 is 5.72. The maximum Gasteiger partial charge on any atom is 0.222 e. The molecule has 0 aliphatic rings. The quantitative estimate of drug-likeness (QED) is 0.580. The molecule has 0 fully saturated rings. The molecule has 0 saturated heterocycles. The molecule has 4 nitrogen and oxygen atoms in total. The Morgan fingerprint density at radius 2 is 1.50 bits per heavy atom. The maximum atomic E-state index is 5.72. The molecule has 0 atom stereocenters. The Hall–Kier alpha value is -2.66. The third-order valence-corrected chi connectivity index (χ3v) is 4.97. The van der Waals surface area contributed by atoms with Crippen LogP contribution in [0.2, 0.25) is 6.32 Å². The van der Waals surface area contributed by atoms with E-state index >= 15 is 0 Å². The number of nitrogens with one attached hydrogen (secondary N) is 1. The first-order valence-corrected chi connectivity index (χ1v) is 10.4. The van der Waals surface area contributed by atoms with Crippen LogP contribution in [-0.2, 0) is 5.41 Å². The van der Waals surface area contributed by atoms with E-state index in [4.69, 9.17) is 21.1 Å².